The van der Waals surface area contributed by atoms with Crippen LogP contribution in [0.25, 0.3) is 0 Å². The Morgan fingerprint density at radius 3 is 2.27 bits per heavy atom. The minimum Gasteiger partial charge on any atom is -0.494 e. The Bertz CT molecular complexity index is 908. The first kappa shape index (κ1) is 22.1. The molecule has 0 aromatic heterocycles. The summed E-state index contributed by atoms with van der Waals surface area (Å²) in [7, 11) is -3.55. The summed E-state index contributed by atoms with van der Waals surface area (Å²) in [4.78, 5) is 12.4. The number of carbonyl (C=O) groups is 1. The molecule has 1 aliphatic rings. The summed E-state index contributed by atoms with van der Waals surface area (Å²) in [5.41, 5.74) is 0. The van der Waals surface area contributed by atoms with E-state index < -0.39 is 10.0 Å². The molecule has 0 radical (unpaired) electrons. The maximum Gasteiger partial charge on any atom is 0.243 e. The van der Waals surface area contributed by atoms with Crippen molar-refractivity contribution < 1.29 is 22.7 Å². The number of ether oxygens (including phenoxy) is 2. The molecular weight excluding hydrogens is 404 g/mol. The van der Waals surface area contributed by atoms with Gasteiger partial charge in [-0.1, -0.05) is 18.2 Å². The van der Waals surface area contributed by atoms with Gasteiger partial charge in [0.05, 0.1) is 24.5 Å². The molecule has 2 aromatic rings. The van der Waals surface area contributed by atoms with Crippen molar-refractivity contribution in [1.29, 1.82) is 0 Å². The third kappa shape index (κ3) is 5.96. The summed E-state index contributed by atoms with van der Waals surface area (Å²) in [6, 6.07) is 15.8. The molecule has 1 amide bonds. The molecule has 1 saturated heterocycles. The first-order chi connectivity index (χ1) is 14.5. The van der Waals surface area contributed by atoms with E-state index in [2.05, 4.69) is 5.32 Å². The Morgan fingerprint density at radius 2 is 1.63 bits per heavy atom. The van der Waals surface area contributed by atoms with Crippen molar-refractivity contribution in [2.24, 2.45) is 0 Å². The van der Waals surface area contributed by atoms with Crippen LogP contribution in [0, 0.1) is 0 Å². The zero-order chi connectivity index (χ0) is 21.4. The number of amides is 1. The van der Waals surface area contributed by atoms with E-state index in [1.807, 2.05) is 37.3 Å². The van der Waals surface area contributed by atoms with Crippen LogP contribution >= 0.6 is 0 Å². The second kappa shape index (κ2) is 10.4. The second-order valence-electron chi connectivity index (χ2n) is 7.06. The van der Waals surface area contributed by atoms with Crippen LogP contribution in [0.3, 0.4) is 0 Å². The van der Waals surface area contributed by atoms with Gasteiger partial charge < -0.3 is 14.8 Å². The lowest BCUT2D eigenvalue weighted by molar-refractivity contribution is -0.122. The van der Waals surface area contributed by atoms with E-state index in [1.165, 1.54) is 4.31 Å². The average molecular weight is 433 g/mol. The molecule has 162 valence electrons. The van der Waals surface area contributed by atoms with Crippen LogP contribution < -0.4 is 14.8 Å². The number of rotatable bonds is 9. The monoisotopic (exact) mass is 432 g/mol. The van der Waals surface area contributed by atoms with Crippen LogP contribution in [0.15, 0.2) is 59.5 Å². The summed E-state index contributed by atoms with van der Waals surface area (Å²) in [5, 5.41) is 2.98. The highest BCUT2D eigenvalue weighted by Gasteiger charge is 2.29. The van der Waals surface area contributed by atoms with Crippen LogP contribution in [0.2, 0.25) is 0 Å². The highest BCUT2D eigenvalue weighted by atomic mass is 32.2. The number of piperidine rings is 1. The van der Waals surface area contributed by atoms with E-state index in [9.17, 15) is 13.2 Å². The molecule has 30 heavy (non-hydrogen) atoms. The summed E-state index contributed by atoms with van der Waals surface area (Å²) >= 11 is 0. The number of benzene rings is 2. The molecule has 1 fully saturated rings. The minimum absolute atomic E-state index is 0.0268. The quantitative estimate of drug-likeness (QED) is 0.659. The molecule has 8 heteroatoms. The molecule has 0 bridgehead atoms. The molecule has 7 nitrogen and oxygen atoms in total. The fourth-order valence-corrected chi connectivity index (χ4v) is 4.81. The third-order valence-corrected chi connectivity index (χ3v) is 6.85. The summed E-state index contributed by atoms with van der Waals surface area (Å²) < 4.78 is 38.1. The van der Waals surface area contributed by atoms with Crippen molar-refractivity contribution in [3.05, 3.63) is 54.6 Å². The predicted molar refractivity (Wildman–Crippen MR) is 114 cm³/mol. The number of nitrogens with one attached hydrogen (secondary N) is 1. The Balaban J connectivity index is 1.44. The third-order valence-electron chi connectivity index (χ3n) is 4.93. The Labute approximate surface area is 178 Å². The van der Waals surface area contributed by atoms with Crippen LogP contribution in [-0.2, 0) is 14.8 Å². The lowest BCUT2D eigenvalue weighted by Crippen LogP contribution is -2.46. The van der Waals surface area contributed by atoms with Crippen molar-refractivity contribution in [3.63, 3.8) is 0 Å². The van der Waals surface area contributed by atoms with Gasteiger partial charge in [0.1, 0.15) is 11.5 Å². The molecular formula is C22H28N2O5S. The van der Waals surface area contributed by atoms with Gasteiger partial charge >= 0.3 is 0 Å². The number of para-hydroxylation sites is 1. The first-order valence-corrected chi connectivity index (χ1v) is 11.6. The average Bonchev–Trinajstić information content (AvgIpc) is 2.75. The molecule has 1 heterocycles. The standard InChI is InChI=1S/C22H28N2O5S/c1-2-28-20-8-10-21(11-9-20)30(26,27)24-15-12-18(13-16-24)23-22(25)14-17-29-19-6-4-3-5-7-19/h3-11,18H,2,12-17H2,1H3,(H,23,25). The lowest BCUT2D eigenvalue weighted by Gasteiger charge is -2.31. The Kier molecular flexibility index (Phi) is 7.70. The maximum atomic E-state index is 12.8. The molecule has 0 saturated carbocycles. The molecule has 3 rings (SSSR count). The SMILES string of the molecule is CCOc1ccc(S(=O)(=O)N2CCC(NC(=O)CCOc3ccccc3)CC2)cc1. The largest absolute Gasteiger partial charge is 0.494 e. The minimum atomic E-state index is -3.55. The van der Waals surface area contributed by atoms with E-state index in [4.69, 9.17) is 9.47 Å². The molecule has 0 spiro atoms. The van der Waals surface area contributed by atoms with Crippen molar-refractivity contribution >= 4 is 15.9 Å². The van der Waals surface area contributed by atoms with Gasteiger partial charge in [-0.3, -0.25) is 4.79 Å². The van der Waals surface area contributed by atoms with Gasteiger partial charge in [-0.15, -0.1) is 0 Å². The topological polar surface area (TPSA) is 84.9 Å². The number of carbonyl (C=O) groups excluding carboxylic acids is 1. The molecule has 1 N–H and O–H groups in total. The van der Waals surface area contributed by atoms with Crippen LogP contribution in [-0.4, -0.2) is 51.0 Å². The summed E-state index contributed by atoms with van der Waals surface area (Å²) in [6.07, 6.45) is 1.43. The summed E-state index contributed by atoms with van der Waals surface area (Å²) in [6.45, 7) is 3.47. The van der Waals surface area contributed by atoms with Crippen LogP contribution in [0.4, 0.5) is 0 Å². The molecule has 0 atom stereocenters. The fraction of sp³-hybridized carbons (Fsp3) is 0.409. The molecule has 0 unspecified atom stereocenters. The number of hydrogen-bond acceptors (Lipinski definition) is 5. The van der Waals surface area contributed by atoms with Gasteiger partial charge in [0.25, 0.3) is 0 Å². The zero-order valence-electron chi connectivity index (χ0n) is 17.1. The molecule has 1 aliphatic heterocycles. The number of hydrogen-bond donors (Lipinski definition) is 1. The van der Waals surface area contributed by atoms with Crippen molar-refractivity contribution in [2.45, 2.75) is 37.1 Å². The lowest BCUT2D eigenvalue weighted by atomic mass is 10.1. The van der Waals surface area contributed by atoms with E-state index in [0.717, 1.165) is 5.75 Å². The van der Waals surface area contributed by atoms with E-state index in [-0.39, 0.29) is 23.3 Å². The molecule has 2 aromatic carbocycles. The number of sulfonamides is 1. The van der Waals surface area contributed by atoms with Gasteiger partial charge in [-0.05, 0) is 56.2 Å². The van der Waals surface area contributed by atoms with Gasteiger partial charge in [0.2, 0.25) is 15.9 Å². The normalized spacial score (nSPS) is 15.5. The fourth-order valence-electron chi connectivity index (χ4n) is 3.34. The smallest absolute Gasteiger partial charge is 0.243 e. The van der Waals surface area contributed by atoms with E-state index >= 15 is 0 Å². The maximum absolute atomic E-state index is 12.8. The van der Waals surface area contributed by atoms with Gasteiger partial charge in [0.15, 0.2) is 0 Å². The van der Waals surface area contributed by atoms with E-state index in [1.54, 1.807) is 24.3 Å². The van der Waals surface area contributed by atoms with Gasteiger partial charge in [-0.2, -0.15) is 4.31 Å². The summed E-state index contributed by atoms with van der Waals surface area (Å²) in [5.74, 6) is 1.30. The van der Waals surface area contributed by atoms with Gasteiger partial charge in [0, 0.05) is 19.1 Å². The van der Waals surface area contributed by atoms with Crippen LogP contribution in [0.1, 0.15) is 26.2 Å². The zero-order valence-corrected chi connectivity index (χ0v) is 17.9. The van der Waals surface area contributed by atoms with Gasteiger partial charge in [-0.25, -0.2) is 8.42 Å². The Hall–Kier alpha value is -2.58. The number of nitrogens with zero attached hydrogens (tertiary/aromatic N) is 1. The van der Waals surface area contributed by atoms with Crippen molar-refractivity contribution in [2.75, 3.05) is 26.3 Å². The van der Waals surface area contributed by atoms with Crippen molar-refractivity contribution in [3.8, 4) is 11.5 Å². The van der Waals surface area contributed by atoms with E-state index in [0.29, 0.717) is 44.9 Å². The van der Waals surface area contributed by atoms with Crippen LogP contribution in [0.5, 0.6) is 11.5 Å². The van der Waals surface area contributed by atoms with Crippen molar-refractivity contribution in [1.82, 2.24) is 9.62 Å². The predicted octanol–water partition coefficient (Wildman–Crippen LogP) is 2.82. The first-order valence-electron chi connectivity index (χ1n) is 10.2. The highest BCUT2D eigenvalue weighted by Crippen LogP contribution is 2.23. The molecule has 0 aliphatic carbocycles. The second-order valence-corrected chi connectivity index (χ2v) is 9.00. The Morgan fingerprint density at radius 1 is 1.00 bits per heavy atom. The highest BCUT2D eigenvalue weighted by molar-refractivity contribution is 7.89.